The fourth-order valence-electron chi connectivity index (χ4n) is 3.71. The van der Waals surface area contributed by atoms with Gasteiger partial charge in [-0.1, -0.05) is 53.0 Å². The summed E-state index contributed by atoms with van der Waals surface area (Å²) in [5, 5.41) is 3.84. The van der Waals surface area contributed by atoms with Crippen molar-refractivity contribution >= 4 is 41.2 Å². The first kappa shape index (κ1) is 21.2. The summed E-state index contributed by atoms with van der Waals surface area (Å²) in [5.41, 5.74) is 5.65. The topological polar surface area (TPSA) is 54.3 Å². The Morgan fingerprint density at radius 3 is 2.39 bits per heavy atom. The van der Waals surface area contributed by atoms with Gasteiger partial charge < -0.3 is 9.88 Å². The van der Waals surface area contributed by atoms with Crippen LogP contribution in [0.5, 0.6) is 0 Å². The second-order valence-corrected chi connectivity index (χ2v) is 8.47. The van der Waals surface area contributed by atoms with Crippen LogP contribution in [0.3, 0.4) is 0 Å². The van der Waals surface area contributed by atoms with E-state index in [1.165, 1.54) is 4.90 Å². The molecule has 1 aromatic heterocycles. The minimum absolute atomic E-state index is 0.222. The predicted molar refractivity (Wildman–Crippen MR) is 124 cm³/mol. The van der Waals surface area contributed by atoms with Crippen LogP contribution >= 0.6 is 23.2 Å². The van der Waals surface area contributed by atoms with Gasteiger partial charge in [0.25, 0.3) is 5.91 Å². The Balaban J connectivity index is 1.65. The zero-order valence-corrected chi connectivity index (χ0v) is 18.9. The molecule has 1 fully saturated rings. The number of carbonyl (C=O) groups excluding carboxylic acids is 2. The number of aryl methyl sites for hydroxylation is 2. The molecule has 3 aromatic rings. The van der Waals surface area contributed by atoms with Crippen LogP contribution in [0.2, 0.25) is 10.0 Å². The van der Waals surface area contributed by atoms with Gasteiger partial charge in [-0.25, -0.2) is 4.79 Å². The zero-order valence-electron chi connectivity index (χ0n) is 17.4. The van der Waals surface area contributed by atoms with Gasteiger partial charge in [-0.15, -0.1) is 0 Å². The van der Waals surface area contributed by atoms with E-state index in [-0.39, 0.29) is 18.1 Å². The molecule has 1 aliphatic heterocycles. The molecular formula is C24H21Cl2N3O2. The number of hydrogen-bond acceptors (Lipinski definition) is 2. The van der Waals surface area contributed by atoms with Crippen LogP contribution in [0, 0.1) is 20.8 Å². The van der Waals surface area contributed by atoms with Gasteiger partial charge in [0.1, 0.15) is 5.70 Å². The van der Waals surface area contributed by atoms with Crippen molar-refractivity contribution < 1.29 is 9.59 Å². The van der Waals surface area contributed by atoms with Crippen molar-refractivity contribution in [2.75, 3.05) is 0 Å². The summed E-state index contributed by atoms with van der Waals surface area (Å²) in [6, 6.07) is 14.6. The number of halogens is 2. The minimum Gasteiger partial charge on any atom is -0.316 e. The summed E-state index contributed by atoms with van der Waals surface area (Å²) >= 11 is 12.6. The largest absolute Gasteiger partial charge is 0.329 e. The van der Waals surface area contributed by atoms with E-state index in [0.717, 1.165) is 33.8 Å². The third kappa shape index (κ3) is 4.11. The lowest BCUT2D eigenvalue weighted by Crippen LogP contribution is -2.30. The Morgan fingerprint density at radius 2 is 1.68 bits per heavy atom. The SMILES string of the molecule is Cc1ccc(CN2C(=O)N/C(=C/c3cc(C)n(-c4cc(Cl)ccc4Cl)c3C)C2=O)cc1. The van der Waals surface area contributed by atoms with Crippen LogP contribution in [0.15, 0.2) is 54.2 Å². The van der Waals surface area contributed by atoms with Gasteiger partial charge >= 0.3 is 6.03 Å². The molecule has 4 rings (SSSR count). The molecule has 31 heavy (non-hydrogen) atoms. The number of nitrogens with zero attached hydrogens (tertiary/aromatic N) is 2. The van der Waals surface area contributed by atoms with Crippen LogP contribution in [-0.4, -0.2) is 21.4 Å². The van der Waals surface area contributed by atoms with E-state index in [2.05, 4.69) is 5.32 Å². The van der Waals surface area contributed by atoms with Crippen molar-refractivity contribution in [3.05, 3.63) is 92.4 Å². The molecule has 3 amide bonds. The summed E-state index contributed by atoms with van der Waals surface area (Å²) < 4.78 is 1.98. The summed E-state index contributed by atoms with van der Waals surface area (Å²) in [7, 11) is 0. The molecule has 0 bridgehead atoms. The minimum atomic E-state index is -0.427. The first-order chi connectivity index (χ1) is 14.7. The number of nitrogens with one attached hydrogen (secondary N) is 1. The molecular weight excluding hydrogens is 433 g/mol. The Hall–Kier alpha value is -3.02. The van der Waals surface area contributed by atoms with Crippen molar-refractivity contribution in [2.24, 2.45) is 0 Å². The number of aromatic nitrogens is 1. The fourth-order valence-corrected chi connectivity index (χ4v) is 4.08. The van der Waals surface area contributed by atoms with Crippen molar-refractivity contribution in [3.63, 3.8) is 0 Å². The van der Waals surface area contributed by atoms with E-state index in [9.17, 15) is 9.59 Å². The third-order valence-electron chi connectivity index (χ3n) is 5.34. The molecule has 0 aliphatic carbocycles. The van der Waals surface area contributed by atoms with Gasteiger partial charge in [0.2, 0.25) is 0 Å². The molecule has 0 unspecified atom stereocenters. The van der Waals surface area contributed by atoms with E-state index in [1.807, 2.05) is 55.7 Å². The molecule has 0 radical (unpaired) electrons. The number of urea groups is 1. The highest BCUT2D eigenvalue weighted by Gasteiger charge is 2.33. The quantitative estimate of drug-likeness (QED) is 0.400. The molecule has 1 saturated heterocycles. The highest BCUT2D eigenvalue weighted by atomic mass is 35.5. The lowest BCUT2D eigenvalue weighted by atomic mass is 10.1. The average Bonchev–Trinajstić information content (AvgIpc) is 3.15. The van der Waals surface area contributed by atoms with Crippen LogP contribution in [0.25, 0.3) is 11.8 Å². The molecule has 158 valence electrons. The lowest BCUT2D eigenvalue weighted by molar-refractivity contribution is -0.123. The van der Waals surface area contributed by atoms with Crippen LogP contribution in [0.4, 0.5) is 4.79 Å². The Labute approximate surface area is 190 Å². The number of rotatable bonds is 4. The number of imide groups is 1. The molecule has 0 spiro atoms. The van der Waals surface area contributed by atoms with Crippen molar-refractivity contribution in [2.45, 2.75) is 27.3 Å². The summed E-state index contributed by atoms with van der Waals surface area (Å²) in [6.07, 6.45) is 1.70. The lowest BCUT2D eigenvalue weighted by Gasteiger charge is -2.12. The summed E-state index contributed by atoms with van der Waals surface area (Å²) in [4.78, 5) is 26.5. The number of hydrogen-bond donors (Lipinski definition) is 1. The van der Waals surface area contributed by atoms with Crippen molar-refractivity contribution in [1.29, 1.82) is 0 Å². The highest BCUT2D eigenvalue weighted by molar-refractivity contribution is 6.34. The Bertz CT molecular complexity index is 1230. The summed E-state index contributed by atoms with van der Waals surface area (Å²) in [5.74, 6) is -0.351. The van der Waals surface area contributed by atoms with Crippen LogP contribution < -0.4 is 5.32 Å². The predicted octanol–water partition coefficient (Wildman–Crippen LogP) is 5.80. The normalized spacial score (nSPS) is 15.1. The maximum Gasteiger partial charge on any atom is 0.329 e. The van der Waals surface area contributed by atoms with E-state index in [4.69, 9.17) is 23.2 Å². The molecule has 1 N–H and O–H groups in total. The molecule has 0 atom stereocenters. The van der Waals surface area contributed by atoms with Gasteiger partial charge in [-0.3, -0.25) is 9.69 Å². The first-order valence-corrected chi connectivity index (χ1v) is 10.5. The van der Waals surface area contributed by atoms with Crippen molar-refractivity contribution in [3.8, 4) is 5.69 Å². The first-order valence-electron chi connectivity index (χ1n) is 9.79. The molecule has 7 heteroatoms. The molecule has 1 aliphatic rings. The smallest absolute Gasteiger partial charge is 0.316 e. The van der Waals surface area contributed by atoms with Crippen molar-refractivity contribution in [1.82, 2.24) is 14.8 Å². The zero-order chi connectivity index (χ0) is 22.3. The van der Waals surface area contributed by atoms with Crippen LogP contribution in [-0.2, 0) is 11.3 Å². The monoisotopic (exact) mass is 453 g/mol. The van der Waals surface area contributed by atoms with E-state index in [1.54, 1.807) is 24.3 Å². The van der Waals surface area contributed by atoms with Gasteiger partial charge in [-0.2, -0.15) is 0 Å². The maximum absolute atomic E-state index is 12.9. The molecule has 0 saturated carbocycles. The molecule has 5 nitrogen and oxygen atoms in total. The highest BCUT2D eigenvalue weighted by Crippen LogP contribution is 2.30. The second-order valence-electron chi connectivity index (χ2n) is 7.62. The van der Waals surface area contributed by atoms with Gasteiger partial charge in [0, 0.05) is 16.4 Å². The standard InChI is InChI=1S/C24H21Cl2N3O2/c1-14-4-6-17(7-5-14)13-28-23(30)21(27-24(28)31)11-18-10-15(2)29(16(18)3)22-12-19(25)8-9-20(22)26/h4-12H,13H2,1-3H3,(H,27,31)/b21-11+. The van der Waals surface area contributed by atoms with E-state index < -0.39 is 6.03 Å². The van der Waals surface area contributed by atoms with E-state index in [0.29, 0.717) is 10.0 Å². The Morgan fingerprint density at radius 1 is 0.968 bits per heavy atom. The summed E-state index contributed by atoms with van der Waals surface area (Å²) in [6.45, 7) is 6.09. The van der Waals surface area contributed by atoms with Gasteiger partial charge in [0.05, 0.1) is 17.3 Å². The number of amides is 3. The molecule has 2 heterocycles. The second kappa shape index (κ2) is 8.25. The van der Waals surface area contributed by atoms with Crippen LogP contribution in [0.1, 0.15) is 28.1 Å². The Kier molecular flexibility index (Phi) is 5.65. The average molecular weight is 454 g/mol. The number of carbonyl (C=O) groups is 2. The maximum atomic E-state index is 12.9. The fraction of sp³-hybridized carbons (Fsp3) is 0.167. The van der Waals surface area contributed by atoms with E-state index >= 15 is 0 Å². The molecule has 2 aromatic carbocycles. The van der Waals surface area contributed by atoms with Gasteiger partial charge in [0.15, 0.2) is 0 Å². The number of benzene rings is 2. The third-order valence-corrected chi connectivity index (χ3v) is 5.90. The van der Waals surface area contributed by atoms with Gasteiger partial charge in [-0.05, 0) is 62.2 Å².